The van der Waals surface area contributed by atoms with Gasteiger partial charge in [0.25, 0.3) is 5.91 Å². The van der Waals surface area contributed by atoms with Crippen LogP contribution in [0.3, 0.4) is 0 Å². The monoisotopic (exact) mass is 185 g/mol. The second-order valence-electron chi connectivity index (χ2n) is 2.80. The first-order valence-electron chi connectivity index (χ1n) is 3.99. The van der Waals surface area contributed by atoms with Gasteiger partial charge in [0.1, 0.15) is 5.71 Å². The highest BCUT2D eigenvalue weighted by molar-refractivity contribution is 6.40. The van der Waals surface area contributed by atoms with Crippen molar-refractivity contribution >= 4 is 17.6 Å². The summed E-state index contributed by atoms with van der Waals surface area (Å²) in [6, 6.07) is -0.798. The quantitative estimate of drug-likeness (QED) is 0.407. The van der Waals surface area contributed by atoms with Gasteiger partial charge < -0.3 is 10.9 Å². The lowest BCUT2D eigenvalue weighted by atomic mass is 10.2. The van der Waals surface area contributed by atoms with Gasteiger partial charge in [-0.1, -0.05) is 5.16 Å². The minimum absolute atomic E-state index is 0.00343. The van der Waals surface area contributed by atoms with E-state index >= 15 is 0 Å². The molecule has 0 unspecified atom stereocenters. The fourth-order valence-corrected chi connectivity index (χ4v) is 1.23. The molecule has 1 heterocycles. The number of nitrogens with zero attached hydrogens (tertiary/aromatic N) is 2. The Bertz CT molecular complexity index is 262. The molecule has 1 aliphatic heterocycles. The van der Waals surface area contributed by atoms with Gasteiger partial charge >= 0.3 is 6.03 Å². The van der Waals surface area contributed by atoms with Crippen LogP contribution in [0.4, 0.5) is 4.79 Å². The fraction of sp³-hybridized carbons (Fsp3) is 0.571. The zero-order chi connectivity index (χ0) is 9.84. The van der Waals surface area contributed by atoms with Crippen LogP contribution < -0.4 is 5.73 Å². The minimum Gasteiger partial charge on any atom is -0.410 e. The van der Waals surface area contributed by atoms with Gasteiger partial charge in [0, 0.05) is 6.54 Å². The molecule has 0 radical (unpaired) electrons. The summed E-state index contributed by atoms with van der Waals surface area (Å²) in [7, 11) is 0. The number of nitrogens with two attached hydrogens (primary N) is 1. The van der Waals surface area contributed by atoms with Crippen molar-refractivity contribution in [3.8, 4) is 0 Å². The van der Waals surface area contributed by atoms with E-state index in [-0.39, 0.29) is 5.71 Å². The molecule has 1 rings (SSSR count). The molecular weight excluding hydrogens is 174 g/mol. The lowest BCUT2D eigenvalue weighted by Crippen LogP contribution is -2.43. The van der Waals surface area contributed by atoms with Gasteiger partial charge in [-0.25, -0.2) is 4.79 Å². The molecule has 3 amide bonds. The molecular formula is C7H11N3O3. The molecule has 13 heavy (non-hydrogen) atoms. The van der Waals surface area contributed by atoms with Crippen LogP contribution in [0.5, 0.6) is 0 Å². The summed E-state index contributed by atoms with van der Waals surface area (Å²) >= 11 is 0. The Balaban J connectivity index is 2.85. The lowest BCUT2D eigenvalue weighted by Gasteiger charge is -2.14. The molecule has 6 heteroatoms. The number of imide groups is 1. The molecule has 0 atom stereocenters. The summed E-state index contributed by atoms with van der Waals surface area (Å²) in [5.41, 5.74) is 4.97. The Kier molecular flexibility index (Phi) is 2.84. The zero-order valence-electron chi connectivity index (χ0n) is 7.06. The normalized spacial score (nSPS) is 21.7. The molecule has 0 aromatic rings. The number of urea groups is 1. The number of carbonyl (C=O) groups excluding carboxylic acids is 2. The van der Waals surface area contributed by atoms with Crippen molar-refractivity contribution < 1.29 is 14.8 Å². The third kappa shape index (κ3) is 1.95. The topological polar surface area (TPSA) is 96.0 Å². The van der Waals surface area contributed by atoms with E-state index in [1.165, 1.54) is 0 Å². The predicted octanol–water partition coefficient (Wildman–Crippen LogP) is -0.0922. The van der Waals surface area contributed by atoms with Crippen molar-refractivity contribution in [2.45, 2.75) is 19.3 Å². The van der Waals surface area contributed by atoms with Crippen molar-refractivity contribution in [2.24, 2.45) is 10.9 Å². The first-order valence-corrected chi connectivity index (χ1v) is 3.99. The molecule has 3 N–H and O–H groups in total. The molecule has 1 fully saturated rings. The van der Waals surface area contributed by atoms with Crippen molar-refractivity contribution in [3.05, 3.63) is 0 Å². The van der Waals surface area contributed by atoms with Crippen molar-refractivity contribution in [3.63, 3.8) is 0 Å². The Morgan fingerprint density at radius 1 is 1.54 bits per heavy atom. The Hall–Kier alpha value is -1.59. The highest BCUT2D eigenvalue weighted by Crippen LogP contribution is 2.09. The molecule has 0 aromatic heterocycles. The van der Waals surface area contributed by atoms with Crippen molar-refractivity contribution in [1.82, 2.24) is 4.90 Å². The third-order valence-corrected chi connectivity index (χ3v) is 1.92. The largest absolute Gasteiger partial charge is 0.410 e. The second-order valence-corrected chi connectivity index (χ2v) is 2.80. The molecule has 0 aromatic carbocycles. The molecule has 0 bridgehead atoms. The number of hydrogen-bond donors (Lipinski definition) is 2. The molecule has 0 aliphatic carbocycles. The molecule has 1 aliphatic rings. The lowest BCUT2D eigenvalue weighted by molar-refractivity contribution is -0.121. The molecule has 0 saturated carbocycles. The van der Waals surface area contributed by atoms with E-state index < -0.39 is 11.9 Å². The number of rotatable bonds is 0. The number of carbonyl (C=O) groups is 2. The molecule has 6 nitrogen and oxygen atoms in total. The summed E-state index contributed by atoms with van der Waals surface area (Å²) in [6.07, 6.45) is 1.79. The van der Waals surface area contributed by atoms with E-state index in [1.54, 1.807) is 0 Å². The summed E-state index contributed by atoms with van der Waals surface area (Å²) in [6.45, 7) is 0.299. The first kappa shape index (κ1) is 9.50. The van der Waals surface area contributed by atoms with Gasteiger partial charge in [-0.15, -0.1) is 0 Å². The van der Waals surface area contributed by atoms with Gasteiger partial charge in [0.05, 0.1) is 0 Å². The number of amides is 3. The summed E-state index contributed by atoms with van der Waals surface area (Å²) in [5, 5.41) is 11.3. The second kappa shape index (κ2) is 3.88. The van der Waals surface area contributed by atoms with Crippen LogP contribution in [-0.4, -0.2) is 34.3 Å². The van der Waals surface area contributed by atoms with Gasteiger partial charge in [0.15, 0.2) is 0 Å². The van der Waals surface area contributed by atoms with Crippen LogP contribution in [0.1, 0.15) is 19.3 Å². The van der Waals surface area contributed by atoms with E-state index in [9.17, 15) is 9.59 Å². The Morgan fingerprint density at radius 3 is 2.77 bits per heavy atom. The fourth-order valence-electron chi connectivity index (χ4n) is 1.23. The number of likely N-dealkylation sites (tertiary alicyclic amines) is 1. The molecule has 1 saturated heterocycles. The van der Waals surface area contributed by atoms with Crippen molar-refractivity contribution in [2.75, 3.05) is 6.54 Å². The van der Waals surface area contributed by atoms with Gasteiger partial charge in [0.2, 0.25) is 0 Å². The number of hydrogen-bond acceptors (Lipinski definition) is 4. The SMILES string of the molecule is NC(=O)N1CCCCC(=NO)C1=O. The number of oxime groups is 1. The third-order valence-electron chi connectivity index (χ3n) is 1.92. The highest BCUT2D eigenvalue weighted by atomic mass is 16.4. The predicted molar refractivity (Wildman–Crippen MR) is 44.4 cm³/mol. The average Bonchev–Trinajstić information content (AvgIpc) is 2.26. The zero-order valence-corrected chi connectivity index (χ0v) is 7.06. The minimum atomic E-state index is -0.798. The Labute approximate surface area is 75.0 Å². The van der Waals surface area contributed by atoms with Crippen LogP contribution in [0.2, 0.25) is 0 Å². The molecule has 72 valence electrons. The van der Waals surface area contributed by atoms with E-state index in [0.717, 1.165) is 11.3 Å². The van der Waals surface area contributed by atoms with Gasteiger partial charge in [-0.3, -0.25) is 9.69 Å². The maximum atomic E-state index is 11.4. The van der Waals surface area contributed by atoms with E-state index in [0.29, 0.717) is 19.4 Å². The van der Waals surface area contributed by atoms with E-state index in [4.69, 9.17) is 10.9 Å². The maximum absolute atomic E-state index is 11.4. The molecule has 0 spiro atoms. The van der Waals surface area contributed by atoms with Crippen molar-refractivity contribution in [1.29, 1.82) is 0 Å². The summed E-state index contributed by atoms with van der Waals surface area (Å²) in [5.74, 6) is -0.590. The summed E-state index contributed by atoms with van der Waals surface area (Å²) in [4.78, 5) is 23.0. The van der Waals surface area contributed by atoms with E-state index in [1.807, 2.05) is 0 Å². The average molecular weight is 185 g/mol. The smallest absolute Gasteiger partial charge is 0.321 e. The van der Waals surface area contributed by atoms with E-state index in [2.05, 4.69) is 5.16 Å². The van der Waals surface area contributed by atoms with Crippen LogP contribution in [0.25, 0.3) is 0 Å². The standard InChI is InChI=1S/C7H11N3O3/c8-7(12)10-4-2-1-3-5(9-13)6(10)11/h13H,1-4H2,(H2,8,12). The van der Waals surface area contributed by atoms with Crippen LogP contribution in [-0.2, 0) is 4.79 Å². The van der Waals surface area contributed by atoms with Gasteiger partial charge in [-0.05, 0) is 19.3 Å². The van der Waals surface area contributed by atoms with Gasteiger partial charge in [-0.2, -0.15) is 0 Å². The maximum Gasteiger partial charge on any atom is 0.321 e. The van der Waals surface area contributed by atoms with Crippen LogP contribution in [0.15, 0.2) is 5.16 Å². The first-order chi connectivity index (χ1) is 6.16. The number of primary amides is 1. The highest BCUT2D eigenvalue weighted by Gasteiger charge is 2.26. The Morgan fingerprint density at radius 2 is 2.23 bits per heavy atom. The van der Waals surface area contributed by atoms with Crippen LogP contribution >= 0.6 is 0 Å². The van der Waals surface area contributed by atoms with Crippen LogP contribution in [0, 0.1) is 0 Å². The summed E-state index contributed by atoms with van der Waals surface area (Å²) < 4.78 is 0.